The number of rotatable bonds is 5. The minimum atomic E-state index is -0.0950. The average molecular weight is 292 g/mol. The minimum Gasteiger partial charge on any atom is -0.294 e. The molecule has 0 spiro atoms. The summed E-state index contributed by atoms with van der Waals surface area (Å²) in [6, 6.07) is 14.8. The van der Waals surface area contributed by atoms with Crippen molar-refractivity contribution in [2.24, 2.45) is 5.92 Å². The second-order valence-electron chi connectivity index (χ2n) is 5.72. The highest BCUT2D eigenvalue weighted by atomic mass is 16.1. The molecule has 0 unspecified atom stereocenters. The van der Waals surface area contributed by atoms with Gasteiger partial charge in [-0.3, -0.25) is 9.59 Å². The average Bonchev–Trinajstić information content (AvgIpc) is 2.53. The molecule has 0 heterocycles. The van der Waals surface area contributed by atoms with Gasteiger partial charge >= 0.3 is 0 Å². The van der Waals surface area contributed by atoms with E-state index < -0.39 is 0 Å². The summed E-state index contributed by atoms with van der Waals surface area (Å²) in [6.45, 7) is 9.19. The van der Waals surface area contributed by atoms with Crippen LogP contribution in [0.3, 0.4) is 0 Å². The van der Waals surface area contributed by atoms with Crippen molar-refractivity contribution >= 4 is 11.6 Å². The van der Waals surface area contributed by atoms with Crippen molar-refractivity contribution in [3.63, 3.8) is 0 Å². The predicted molar refractivity (Wildman–Crippen MR) is 90.2 cm³/mol. The van der Waals surface area contributed by atoms with Crippen molar-refractivity contribution in [2.45, 2.75) is 20.8 Å². The maximum absolute atomic E-state index is 12.5. The molecule has 0 bridgehead atoms. The number of ketones is 2. The van der Waals surface area contributed by atoms with Gasteiger partial charge in [0, 0.05) is 17.0 Å². The number of carbonyl (C=O) groups is 2. The molecular formula is C20H20O2. The number of allylic oxidation sites excluding steroid dienone is 1. The zero-order valence-corrected chi connectivity index (χ0v) is 13.2. The third-order valence-electron chi connectivity index (χ3n) is 3.57. The molecule has 0 saturated carbocycles. The lowest BCUT2D eigenvalue weighted by atomic mass is 9.88. The molecule has 2 aromatic carbocycles. The Kier molecular flexibility index (Phi) is 4.71. The number of benzene rings is 2. The Morgan fingerprint density at radius 3 is 1.82 bits per heavy atom. The van der Waals surface area contributed by atoms with E-state index >= 15 is 0 Å². The Morgan fingerprint density at radius 2 is 1.32 bits per heavy atom. The first-order chi connectivity index (χ1) is 10.4. The van der Waals surface area contributed by atoms with E-state index in [1.54, 1.807) is 13.0 Å². The first-order valence-corrected chi connectivity index (χ1v) is 7.36. The maximum Gasteiger partial charge on any atom is 0.188 e. The molecule has 2 rings (SSSR count). The van der Waals surface area contributed by atoms with Crippen molar-refractivity contribution in [3.05, 3.63) is 71.8 Å². The van der Waals surface area contributed by atoms with Crippen molar-refractivity contribution in [2.75, 3.05) is 0 Å². The van der Waals surface area contributed by atoms with Crippen molar-refractivity contribution in [1.29, 1.82) is 0 Å². The first kappa shape index (κ1) is 15.9. The van der Waals surface area contributed by atoms with Crippen molar-refractivity contribution in [1.82, 2.24) is 0 Å². The Balaban J connectivity index is 2.66. The van der Waals surface area contributed by atoms with E-state index in [1.807, 2.05) is 56.3 Å². The van der Waals surface area contributed by atoms with Gasteiger partial charge in [0.05, 0.1) is 0 Å². The van der Waals surface area contributed by atoms with Crippen LogP contribution in [-0.4, -0.2) is 11.6 Å². The fourth-order valence-corrected chi connectivity index (χ4v) is 2.39. The molecular weight excluding hydrogens is 272 g/mol. The minimum absolute atomic E-state index is 0.0770. The summed E-state index contributed by atoms with van der Waals surface area (Å²) in [4.78, 5) is 24.8. The van der Waals surface area contributed by atoms with E-state index in [4.69, 9.17) is 0 Å². The van der Waals surface area contributed by atoms with Crippen LogP contribution in [0.15, 0.2) is 60.7 Å². The van der Waals surface area contributed by atoms with E-state index in [0.29, 0.717) is 16.7 Å². The molecule has 2 heteroatoms. The summed E-state index contributed by atoms with van der Waals surface area (Å²) >= 11 is 0. The normalized spacial score (nSPS) is 10.5. The van der Waals surface area contributed by atoms with E-state index in [2.05, 4.69) is 6.58 Å². The highest BCUT2D eigenvalue weighted by molar-refractivity contribution is 6.13. The molecule has 2 aromatic rings. The van der Waals surface area contributed by atoms with Crippen LogP contribution in [0.5, 0.6) is 0 Å². The second-order valence-corrected chi connectivity index (χ2v) is 5.72. The molecule has 0 amide bonds. The zero-order valence-electron chi connectivity index (χ0n) is 13.2. The van der Waals surface area contributed by atoms with Gasteiger partial charge in [-0.15, -0.1) is 0 Å². The molecule has 0 aliphatic rings. The van der Waals surface area contributed by atoms with Gasteiger partial charge in [0.25, 0.3) is 0 Å². The van der Waals surface area contributed by atoms with Gasteiger partial charge in [0.2, 0.25) is 0 Å². The topological polar surface area (TPSA) is 34.1 Å². The van der Waals surface area contributed by atoms with Crippen LogP contribution < -0.4 is 0 Å². The molecule has 0 aliphatic heterocycles. The van der Waals surface area contributed by atoms with Crippen molar-refractivity contribution in [3.8, 4) is 11.1 Å². The van der Waals surface area contributed by atoms with Crippen LogP contribution in [0.2, 0.25) is 0 Å². The highest BCUT2D eigenvalue weighted by Gasteiger charge is 2.19. The lowest BCUT2D eigenvalue weighted by molar-refractivity contribution is 0.0939. The monoisotopic (exact) mass is 292 g/mol. The Bertz CT molecular complexity index is 739. The standard InChI is InChI=1S/C20H20O2/c1-13(2)19(21)17-11-7-5-9-15(17)16-10-6-8-12-18(16)20(22)14(3)4/h5-12,14H,1H2,2-4H3. The van der Waals surface area contributed by atoms with Gasteiger partial charge in [-0.25, -0.2) is 0 Å². The number of hydrogen-bond acceptors (Lipinski definition) is 2. The van der Waals surface area contributed by atoms with Gasteiger partial charge in [-0.05, 0) is 23.6 Å². The Hall–Kier alpha value is -2.48. The van der Waals surface area contributed by atoms with Gasteiger partial charge < -0.3 is 0 Å². The van der Waals surface area contributed by atoms with Gasteiger partial charge in [0.15, 0.2) is 11.6 Å². The zero-order chi connectivity index (χ0) is 16.3. The SMILES string of the molecule is C=C(C)C(=O)c1ccccc1-c1ccccc1C(=O)C(C)C. The molecule has 0 aliphatic carbocycles. The predicted octanol–water partition coefficient (Wildman–Crippen LogP) is 4.95. The third kappa shape index (κ3) is 3.06. The summed E-state index contributed by atoms with van der Waals surface area (Å²) in [7, 11) is 0. The van der Waals surface area contributed by atoms with Crippen molar-refractivity contribution < 1.29 is 9.59 Å². The summed E-state index contributed by atoms with van der Waals surface area (Å²) in [5, 5.41) is 0. The van der Waals surface area contributed by atoms with Crippen LogP contribution >= 0.6 is 0 Å². The molecule has 0 aromatic heterocycles. The molecule has 0 fully saturated rings. The Labute approximate surface area is 131 Å². The van der Waals surface area contributed by atoms with E-state index in [9.17, 15) is 9.59 Å². The first-order valence-electron chi connectivity index (χ1n) is 7.36. The fourth-order valence-electron chi connectivity index (χ4n) is 2.39. The van der Waals surface area contributed by atoms with E-state index in [0.717, 1.165) is 11.1 Å². The summed E-state index contributed by atoms with van der Waals surface area (Å²) in [5.41, 5.74) is 3.30. The molecule has 0 saturated heterocycles. The van der Waals surface area contributed by atoms with Crippen LogP contribution in [0, 0.1) is 5.92 Å². The largest absolute Gasteiger partial charge is 0.294 e. The second kappa shape index (κ2) is 6.52. The lowest BCUT2D eigenvalue weighted by Gasteiger charge is -2.14. The third-order valence-corrected chi connectivity index (χ3v) is 3.57. The van der Waals surface area contributed by atoms with Crippen LogP contribution in [0.1, 0.15) is 41.5 Å². The summed E-state index contributed by atoms with van der Waals surface area (Å²) in [6.07, 6.45) is 0. The number of hydrogen-bond donors (Lipinski definition) is 0. The van der Waals surface area contributed by atoms with E-state index in [1.165, 1.54) is 0 Å². The van der Waals surface area contributed by atoms with Crippen LogP contribution in [0.25, 0.3) is 11.1 Å². The molecule has 0 radical (unpaired) electrons. The number of Topliss-reactive ketones (excluding diaryl/α,β-unsaturated/α-hetero) is 2. The van der Waals surface area contributed by atoms with Crippen LogP contribution in [0.4, 0.5) is 0 Å². The Morgan fingerprint density at radius 1 is 0.864 bits per heavy atom. The van der Waals surface area contributed by atoms with E-state index in [-0.39, 0.29) is 17.5 Å². The van der Waals surface area contributed by atoms with Crippen LogP contribution in [-0.2, 0) is 0 Å². The molecule has 22 heavy (non-hydrogen) atoms. The highest BCUT2D eigenvalue weighted by Crippen LogP contribution is 2.29. The molecule has 0 N–H and O–H groups in total. The number of carbonyl (C=O) groups excluding carboxylic acids is 2. The molecule has 2 nitrogen and oxygen atoms in total. The molecule has 0 atom stereocenters. The quantitative estimate of drug-likeness (QED) is 0.577. The smallest absolute Gasteiger partial charge is 0.188 e. The lowest BCUT2D eigenvalue weighted by Crippen LogP contribution is -2.10. The molecule has 112 valence electrons. The summed E-state index contributed by atoms with van der Waals surface area (Å²) in [5.74, 6) is -0.110. The maximum atomic E-state index is 12.5. The van der Waals surface area contributed by atoms with Gasteiger partial charge in [-0.1, -0.05) is 69.0 Å². The van der Waals surface area contributed by atoms with Gasteiger partial charge in [0.1, 0.15) is 0 Å². The summed E-state index contributed by atoms with van der Waals surface area (Å²) < 4.78 is 0. The van der Waals surface area contributed by atoms with Gasteiger partial charge in [-0.2, -0.15) is 0 Å². The fraction of sp³-hybridized carbons (Fsp3) is 0.200.